The van der Waals surface area contributed by atoms with E-state index in [1.54, 1.807) is 18.5 Å². The molecule has 2 heterocycles. The lowest BCUT2D eigenvalue weighted by atomic mass is 10.2. The second kappa shape index (κ2) is 4.87. The summed E-state index contributed by atoms with van der Waals surface area (Å²) >= 11 is 0. The third kappa shape index (κ3) is 2.25. The number of hydrogen-bond acceptors (Lipinski definition) is 4. The van der Waals surface area contributed by atoms with Crippen LogP contribution in [0.25, 0.3) is 0 Å². The van der Waals surface area contributed by atoms with Gasteiger partial charge in [0, 0.05) is 12.6 Å². The van der Waals surface area contributed by atoms with E-state index in [-0.39, 0.29) is 5.91 Å². The molecule has 6 nitrogen and oxygen atoms in total. The van der Waals surface area contributed by atoms with Crippen molar-refractivity contribution in [3.8, 4) is 0 Å². The molecule has 102 valence electrons. The van der Waals surface area contributed by atoms with Crippen LogP contribution >= 0.6 is 0 Å². The van der Waals surface area contributed by atoms with Crippen LogP contribution in [0.3, 0.4) is 0 Å². The quantitative estimate of drug-likeness (QED) is 0.919. The highest BCUT2D eigenvalue weighted by Gasteiger charge is 2.20. The number of amides is 1. The highest BCUT2D eigenvalue weighted by Crippen LogP contribution is 2.20. The fourth-order valence-corrected chi connectivity index (χ4v) is 2.17. The maximum absolute atomic E-state index is 12.3. The molecule has 0 aliphatic heterocycles. The third-order valence-corrected chi connectivity index (χ3v) is 3.21. The average Bonchev–Trinajstić information content (AvgIpc) is 2.83. The number of carbonyl (C=O) groups excluding carboxylic acids is 1. The molecular weight excluding hydrogens is 244 g/mol. The van der Waals surface area contributed by atoms with Gasteiger partial charge in [0.1, 0.15) is 17.1 Å². The molecule has 2 aromatic rings. The lowest BCUT2D eigenvalue weighted by Crippen LogP contribution is -2.16. The zero-order valence-corrected chi connectivity index (χ0v) is 11.9. The third-order valence-electron chi connectivity index (χ3n) is 3.21. The predicted molar refractivity (Wildman–Crippen MR) is 71.3 cm³/mol. The maximum atomic E-state index is 12.3. The van der Waals surface area contributed by atoms with Gasteiger partial charge in [0.2, 0.25) is 0 Å². The summed E-state index contributed by atoms with van der Waals surface area (Å²) in [6.07, 6.45) is 0.834. The number of hydrogen-bond donors (Lipinski definition) is 1. The van der Waals surface area contributed by atoms with Gasteiger partial charge < -0.3 is 9.84 Å². The summed E-state index contributed by atoms with van der Waals surface area (Å²) < 4.78 is 6.69. The number of aromatic nitrogens is 3. The minimum atomic E-state index is -0.218. The molecule has 1 N–H and O–H groups in total. The molecule has 0 spiro atoms. The summed E-state index contributed by atoms with van der Waals surface area (Å²) in [5, 5.41) is 11.0. The van der Waals surface area contributed by atoms with Crippen molar-refractivity contribution in [2.75, 3.05) is 5.32 Å². The minimum Gasteiger partial charge on any atom is -0.361 e. The van der Waals surface area contributed by atoms with Crippen LogP contribution < -0.4 is 5.32 Å². The second-order valence-corrected chi connectivity index (χ2v) is 4.55. The van der Waals surface area contributed by atoms with E-state index in [2.05, 4.69) is 15.6 Å². The Hall–Kier alpha value is -2.11. The van der Waals surface area contributed by atoms with Crippen LogP contribution in [0.1, 0.15) is 40.0 Å². The highest BCUT2D eigenvalue weighted by molar-refractivity contribution is 6.05. The topological polar surface area (TPSA) is 73.0 Å². The van der Waals surface area contributed by atoms with Crippen molar-refractivity contribution in [2.24, 2.45) is 7.05 Å². The van der Waals surface area contributed by atoms with Gasteiger partial charge in [-0.1, -0.05) is 12.1 Å². The number of nitrogens with zero attached hydrogens (tertiary/aromatic N) is 3. The standard InChI is InChI=1S/C13H18N4O2/c1-6-10-7(2)12(17(5)15-10)14-13(18)11-8(3)16-19-9(11)4/h6H2,1-5H3,(H,14,18). The monoisotopic (exact) mass is 262 g/mol. The molecule has 0 aromatic carbocycles. The lowest BCUT2D eigenvalue weighted by Gasteiger charge is -2.06. The van der Waals surface area contributed by atoms with Crippen LogP contribution in [0.4, 0.5) is 5.82 Å². The molecule has 2 aromatic heterocycles. The number of anilines is 1. The van der Waals surface area contributed by atoms with Crippen LogP contribution in [0, 0.1) is 20.8 Å². The van der Waals surface area contributed by atoms with Crippen molar-refractivity contribution in [1.82, 2.24) is 14.9 Å². The molecule has 19 heavy (non-hydrogen) atoms. The van der Waals surface area contributed by atoms with Gasteiger partial charge in [-0.05, 0) is 27.2 Å². The molecule has 0 unspecified atom stereocenters. The smallest absolute Gasteiger partial charge is 0.262 e. The largest absolute Gasteiger partial charge is 0.361 e. The number of rotatable bonds is 3. The Morgan fingerprint density at radius 3 is 2.53 bits per heavy atom. The van der Waals surface area contributed by atoms with E-state index in [9.17, 15) is 4.79 Å². The van der Waals surface area contributed by atoms with Gasteiger partial charge in [0.15, 0.2) is 0 Å². The number of carbonyl (C=O) groups is 1. The Morgan fingerprint density at radius 1 is 1.37 bits per heavy atom. The van der Waals surface area contributed by atoms with Gasteiger partial charge in [-0.15, -0.1) is 0 Å². The Kier molecular flexibility index (Phi) is 3.42. The molecule has 0 radical (unpaired) electrons. The Bertz CT molecular complexity index is 605. The molecule has 0 aliphatic rings. The van der Waals surface area contributed by atoms with Crippen molar-refractivity contribution >= 4 is 11.7 Å². The van der Waals surface area contributed by atoms with E-state index < -0.39 is 0 Å². The molecule has 0 bridgehead atoms. The first-order valence-corrected chi connectivity index (χ1v) is 6.22. The minimum absolute atomic E-state index is 0.218. The Balaban J connectivity index is 2.32. The zero-order valence-electron chi connectivity index (χ0n) is 11.9. The van der Waals surface area contributed by atoms with Crippen LogP contribution in [-0.2, 0) is 13.5 Å². The summed E-state index contributed by atoms with van der Waals surface area (Å²) in [5.74, 6) is 1.01. The van der Waals surface area contributed by atoms with Crippen LogP contribution in [0.2, 0.25) is 0 Å². The summed E-state index contributed by atoms with van der Waals surface area (Å²) in [5.41, 5.74) is 3.05. The second-order valence-electron chi connectivity index (χ2n) is 4.55. The van der Waals surface area contributed by atoms with E-state index in [1.165, 1.54) is 0 Å². The van der Waals surface area contributed by atoms with E-state index in [1.807, 2.05) is 20.9 Å². The number of nitrogens with one attached hydrogen (secondary N) is 1. The fourth-order valence-electron chi connectivity index (χ4n) is 2.17. The molecule has 1 amide bonds. The summed E-state index contributed by atoms with van der Waals surface area (Å²) in [7, 11) is 1.81. The summed E-state index contributed by atoms with van der Waals surface area (Å²) in [6, 6.07) is 0. The normalized spacial score (nSPS) is 10.8. The average molecular weight is 262 g/mol. The SMILES string of the molecule is CCc1nn(C)c(NC(=O)c2c(C)noc2C)c1C. The summed E-state index contributed by atoms with van der Waals surface area (Å²) in [6.45, 7) is 7.46. The van der Waals surface area contributed by atoms with Gasteiger partial charge in [0.25, 0.3) is 5.91 Å². The highest BCUT2D eigenvalue weighted by atomic mass is 16.5. The van der Waals surface area contributed by atoms with Gasteiger partial charge in [-0.3, -0.25) is 9.48 Å². The van der Waals surface area contributed by atoms with E-state index in [0.717, 1.165) is 17.7 Å². The van der Waals surface area contributed by atoms with Crippen LogP contribution in [-0.4, -0.2) is 20.8 Å². The molecule has 2 rings (SSSR count). The van der Waals surface area contributed by atoms with E-state index in [4.69, 9.17) is 4.52 Å². The van der Waals surface area contributed by atoms with Gasteiger partial charge in [-0.25, -0.2) is 0 Å². The predicted octanol–water partition coefficient (Wildman–Crippen LogP) is 2.15. The van der Waals surface area contributed by atoms with Crippen LogP contribution in [0.15, 0.2) is 4.52 Å². The van der Waals surface area contributed by atoms with E-state index in [0.29, 0.717) is 22.8 Å². The first-order chi connectivity index (χ1) is 8.95. The molecule has 0 atom stereocenters. The molecule has 0 aliphatic carbocycles. The zero-order chi connectivity index (χ0) is 14.2. The Morgan fingerprint density at radius 2 is 2.05 bits per heavy atom. The molecule has 0 fully saturated rings. The molecule has 0 saturated heterocycles. The van der Waals surface area contributed by atoms with Gasteiger partial charge >= 0.3 is 0 Å². The molecule has 0 saturated carbocycles. The molecular formula is C13H18N4O2. The van der Waals surface area contributed by atoms with Gasteiger partial charge in [0.05, 0.1) is 11.4 Å². The van der Waals surface area contributed by atoms with Crippen molar-refractivity contribution < 1.29 is 9.32 Å². The first kappa shape index (κ1) is 13.3. The van der Waals surface area contributed by atoms with Crippen molar-refractivity contribution in [3.05, 3.63) is 28.3 Å². The molecule has 6 heteroatoms. The van der Waals surface area contributed by atoms with Crippen molar-refractivity contribution in [1.29, 1.82) is 0 Å². The Labute approximate surface area is 111 Å². The summed E-state index contributed by atoms with van der Waals surface area (Å²) in [4.78, 5) is 12.3. The van der Waals surface area contributed by atoms with Crippen molar-refractivity contribution in [2.45, 2.75) is 34.1 Å². The fraction of sp³-hybridized carbons (Fsp3) is 0.462. The first-order valence-electron chi connectivity index (χ1n) is 6.22. The maximum Gasteiger partial charge on any atom is 0.262 e. The van der Waals surface area contributed by atoms with Crippen LogP contribution in [0.5, 0.6) is 0 Å². The van der Waals surface area contributed by atoms with E-state index >= 15 is 0 Å². The van der Waals surface area contributed by atoms with Crippen molar-refractivity contribution in [3.63, 3.8) is 0 Å². The van der Waals surface area contributed by atoms with Gasteiger partial charge in [-0.2, -0.15) is 5.10 Å². The number of aryl methyl sites for hydroxylation is 4. The lowest BCUT2D eigenvalue weighted by molar-refractivity contribution is 0.102.